The van der Waals surface area contributed by atoms with Crippen molar-refractivity contribution < 1.29 is 0 Å². The molecule has 88 valence electrons. The molecule has 0 aliphatic heterocycles. The van der Waals surface area contributed by atoms with Crippen molar-refractivity contribution >= 4 is 0 Å². The third kappa shape index (κ3) is 3.98. The molecule has 0 bridgehead atoms. The van der Waals surface area contributed by atoms with Gasteiger partial charge in [0.05, 0.1) is 0 Å². The maximum absolute atomic E-state index is 5.98. The number of nitrogens with two attached hydrogens (primary N) is 1. The smallest absolute Gasteiger partial charge is 0.0281 e. The van der Waals surface area contributed by atoms with E-state index in [1.54, 1.807) is 0 Å². The second-order valence-corrected chi connectivity index (χ2v) is 6.75. The van der Waals surface area contributed by atoms with E-state index < -0.39 is 0 Å². The summed E-state index contributed by atoms with van der Waals surface area (Å²) in [5.41, 5.74) is 6.25. The van der Waals surface area contributed by atoms with Crippen LogP contribution in [0.4, 0.5) is 0 Å². The lowest BCUT2D eigenvalue weighted by molar-refractivity contribution is 0.210. The summed E-state index contributed by atoms with van der Waals surface area (Å²) in [4.78, 5) is 0. The normalized spacial score (nSPS) is 28.9. The van der Waals surface area contributed by atoms with Crippen LogP contribution in [0.15, 0.2) is 12.2 Å². The molecule has 0 heterocycles. The molecule has 0 saturated heterocycles. The van der Waals surface area contributed by atoms with Gasteiger partial charge in [-0.3, -0.25) is 0 Å². The minimum Gasteiger partial charge on any atom is -0.322 e. The van der Waals surface area contributed by atoms with Crippen molar-refractivity contribution in [3.8, 4) is 0 Å². The second-order valence-electron chi connectivity index (χ2n) is 6.75. The van der Waals surface area contributed by atoms with Gasteiger partial charge >= 0.3 is 0 Å². The van der Waals surface area contributed by atoms with Crippen LogP contribution in [0.1, 0.15) is 53.9 Å². The highest BCUT2D eigenvalue weighted by atomic mass is 14.7. The van der Waals surface area contributed by atoms with Crippen molar-refractivity contribution in [2.75, 3.05) is 0 Å². The van der Waals surface area contributed by atoms with E-state index in [1.165, 1.54) is 19.3 Å². The molecule has 2 N–H and O–H groups in total. The van der Waals surface area contributed by atoms with Gasteiger partial charge in [0.15, 0.2) is 0 Å². The van der Waals surface area contributed by atoms with Crippen LogP contribution in [0.5, 0.6) is 0 Å². The van der Waals surface area contributed by atoms with E-state index in [0.29, 0.717) is 5.41 Å². The summed E-state index contributed by atoms with van der Waals surface area (Å²) < 4.78 is 0. The van der Waals surface area contributed by atoms with Gasteiger partial charge in [-0.15, -0.1) is 0 Å². The molecule has 1 heteroatoms. The Morgan fingerprint density at radius 2 is 1.67 bits per heavy atom. The van der Waals surface area contributed by atoms with E-state index in [0.717, 1.165) is 11.8 Å². The Kier molecular flexibility index (Phi) is 3.65. The zero-order chi connectivity index (χ0) is 11.7. The van der Waals surface area contributed by atoms with Crippen LogP contribution >= 0.6 is 0 Å². The minimum atomic E-state index is -0.162. The first-order valence-corrected chi connectivity index (χ1v) is 6.18. The Balaban J connectivity index is 2.66. The first-order chi connectivity index (χ1) is 6.70. The maximum Gasteiger partial charge on any atom is 0.0281 e. The van der Waals surface area contributed by atoms with Crippen LogP contribution in [-0.4, -0.2) is 5.54 Å². The van der Waals surface area contributed by atoms with Crippen LogP contribution in [-0.2, 0) is 0 Å². The molecular weight excluding hydrogens is 182 g/mol. The van der Waals surface area contributed by atoms with Gasteiger partial charge in [-0.05, 0) is 43.9 Å². The molecule has 15 heavy (non-hydrogen) atoms. The van der Waals surface area contributed by atoms with E-state index in [-0.39, 0.29) is 5.54 Å². The molecule has 0 aromatic carbocycles. The first-order valence-electron chi connectivity index (χ1n) is 6.18. The number of hydrogen-bond donors (Lipinski definition) is 1. The van der Waals surface area contributed by atoms with Crippen LogP contribution < -0.4 is 5.73 Å². The third-order valence-electron chi connectivity index (χ3n) is 3.45. The molecule has 2 atom stereocenters. The summed E-state index contributed by atoms with van der Waals surface area (Å²) in [6, 6.07) is 0. The van der Waals surface area contributed by atoms with E-state index >= 15 is 0 Å². The van der Waals surface area contributed by atoms with E-state index in [1.807, 2.05) is 0 Å². The standard InChI is InChI=1S/C14H27N/c1-13(2,3)12-8-6-7-11(12)9-10-14(4,5)15/h9-12H,6-8,15H2,1-5H3. The summed E-state index contributed by atoms with van der Waals surface area (Å²) in [6.45, 7) is 11.2. The molecule has 2 unspecified atom stereocenters. The average molecular weight is 209 g/mol. The van der Waals surface area contributed by atoms with Gasteiger partial charge in [0.2, 0.25) is 0 Å². The average Bonchev–Trinajstić information content (AvgIpc) is 2.45. The Morgan fingerprint density at radius 3 is 2.13 bits per heavy atom. The summed E-state index contributed by atoms with van der Waals surface area (Å²) in [7, 11) is 0. The molecule has 0 amide bonds. The third-order valence-corrected chi connectivity index (χ3v) is 3.45. The minimum absolute atomic E-state index is 0.162. The summed E-state index contributed by atoms with van der Waals surface area (Å²) in [5.74, 6) is 1.57. The largest absolute Gasteiger partial charge is 0.322 e. The summed E-state index contributed by atoms with van der Waals surface area (Å²) in [5, 5.41) is 0. The fourth-order valence-electron chi connectivity index (χ4n) is 2.67. The predicted octanol–water partition coefficient (Wildman–Crippen LogP) is 3.74. The monoisotopic (exact) mass is 209 g/mol. The van der Waals surface area contributed by atoms with Gasteiger partial charge < -0.3 is 5.73 Å². The molecule has 1 rings (SSSR count). The maximum atomic E-state index is 5.98. The lowest BCUT2D eigenvalue weighted by Gasteiger charge is -2.31. The van der Waals surface area contributed by atoms with Crippen molar-refractivity contribution in [2.24, 2.45) is 23.0 Å². The van der Waals surface area contributed by atoms with Gasteiger partial charge in [0.1, 0.15) is 0 Å². The SMILES string of the molecule is CC(C)(N)C=CC1CCCC1C(C)(C)C. The molecule has 0 radical (unpaired) electrons. The fourth-order valence-corrected chi connectivity index (χ4v) is 2.67. The molecule has 0 aromatic heterocycles. The van der Waals surface area contributed by atoms with Gasteiger partial charge in [0.25, 0.3) is 0 Å². The molecular formula is C14H27N. The van der Waals surface area contributed by atoms with Crippen LogP contribution in [0.25, 0.3) is 0 Å². The molecule has 1 aliphatic rings. The van der Waals surface area contributed by atoms with Crippen LogP contribution in [0, 0.1) is 17.3 Å². The van der Waals surface area contributed by atoms with E-state index in [9.17, 15) is 0 Å². The zero-order valence-corrected chi connectivity index (χ0v) is 11.0. The molecule has 1 aliphatic carbocycles. The van der Waals surface area contributed by atoms with E-state index in [4.69, 9.17) is 5.73 Å². The lowest BCUT2D eigenvalue weighted by Crippen LogP contribution is -2.29. The Hall–Kier alpha value is -0.300. The molecule has 1 saturated carbocycles. The Morgan fingerprint density at radius 1 is 1.07 bits per heavy atom. The Labute approximate surface area is 95.1 Å². The highest BCUT2D eigenvalue weighted by Crippen LogP contribution is 2.44. The summed E-state index contributed by atoms with van der Waals surface area (Å²) in [6.07, 6.45) is 8.64. The molecule has 1 fully saturated rings. The summed E-state index contributed by atoms with van der Waals surface area (Å²) >= 11 is 0. The van der Waals surface area contributed by atoms with Crippen LogP contribution in [0.2, 0.25) is 0 Å². The van der Waals surface area contributed by atoms with Crippen LogP contribution in [0.3, 0.4) is 0 Å². The molecule has 0 aromatic rings. The van der Waals surface area contributed by atoms with Gasteiger partial charge in [-0.1, -0.05) is 39.3 Å². The van der Waals surface area contributed by atoms with Crippen molar-refractivity contribution in [1.82, 2.24) is 0 Å². The topological polar surface area (TPSA) is 26.0 Å². The number of rotatable bonds is 2. The van der Waals surface area contributed by atoms with Gasteiger partial charge in [0, 0.05) is 5.54 Å². The number of hydrogen-bond acceptors (Lipinski definition) is 1. The van der Waals surface area contributed by atoms with Crippen molar-refractivity contribution in [3.05, 3.63) is 12.2 Å². The van der Waals surface area contributed by atoms with Gasteiger partial charge in [-0.25, -0.2) is 0 Å². The predicted molar refractivity (Wildman–Crippen MR) is 67.7 cm³/mol. The fraction of sp³-hybridized carbons (Fsp3) is 0.857. The second kappa shape index (κ2) is 4.29. The van der Waals surface area contributed by atoms with E-state index in [2.05, 4.69) is 46.8 Å². The molecule has 1 nitrogen and oxygen atoms in total. The number of allylic oxidation sites excluding steroid dienone is 1. The van der Waals surface area contributed by atoms with Crippen molar-refractivity contribution in [1.29, 1.82) is 0 Å². The first kappa shape index (κ1) is 12.8. The van der Waals surface area contributed by atoms with Gasteiger partial charge in [-0.2, -0.15) is 0 Å². The lowest BCUT2D eigenvalue weighted by atomic mass is 9.74. The van der Waals surface area contributed by atoms with Crippen molar-refractivity contribution in [2.45, 2.75) is 59.4 Å². The molecule has 0 spiro atoms. The Bertz CT molecular complexity index is 227. The highest BCUT2D eigenvalue weighted by Gasteiger charge is 2.34. The zero-order valence-electron chi connectivity index (χ0n) is 11.0. The van der Waals surface area contributed by atoms with Crippen molar-refractivity contribution in [3.63, 3.8) is 0 Å². The highest BCUT2D eigenvalue weighted by molar-refractivity contribution is 5.05. The quantitative estimate of drug-likeness (QED) is 0.689.